The van der Waals surface area contributed by atoms with Gasteiger partial charge in [-0.2, -0.15) is 15.5 Å². The third-order valence-corrected chi connectivity index (χ3v) is 9.05. The number of β-lactam (4-membered cyclic amide) rings is 1. The molecule has 0 aliphatic carbocycles. The monoisotopic (exact) mass is 577 g/mol. The molecule has 5 rings (SSSR count). The van der Waals surface area contributed by atoms with Gasteiger partial charge in [-0.3, -0.25) is 14.2 Å². The Labute approximate surface area is 239 Å². The number of fused-ring (bicyclic) bond motifs is 1. The van der Waals surface area contributed by atoms with Gasteiger partial charge < -0.3 is 14.7 Å². The van der Waals surface area contributed by atoms with Crippen molar-refractivity contribution in [3.8, 4) is 16.8 Å². The maximum absolute atomic E-state index is 14.3. The van der Waals surface area contributed by atoms with Crippen molar-refractivity contribution in [2.45, 2.75) is 64.8 Å². The largest absolute Gasteiger partial charge is 0.508 e. The predicted octanol–water partition coefficient (Wildman–Crippen LogP) is 2.85. The number of phenols is 1. The van der Waals surface area contributed by atoms with E-state index in [1.165, 1.54) is 39.2 Å². The highest BCUT2D eigenvalue weighted by Gasteiger charge is 2.53. The van der Waals surface area contributed by atoms with E-state index in [0.29, 0.717) is 21.0 Å². The third-order valence-electron chi connectivity index (χ3n) is 7.77. The second kappa shape index (κ2) is 10.9. The smallest absolute Gasteiger partial charge is 0.333 e. The SMILES string of the molecule is CCC(C)N1CC(C)(n2c(=O)c3c(C)c(-n4nccn4)sc3n(C[C@H](OCCC#N)c3ccccc3O)c2=O)C1=O. The minimum Gasteiger partial charge on any atom is -0.508 e. The highest BCUT2D eigenvalue weighted by atomic mass is 32.1. The number of hydrogen-bond donors (Lipinski definition) is 1. The highest BCUT2D eigenvalue weighted by Crippen LogP contribution is 2.35. The van der Waals surface area contributed by atoms with Crippen LogP contribution in [0.15, 0.2) is 46.2 Å². The second-order valence-corrected chi connectivity index (χ2v) is 11.3. The molecule has 1 amide bonds. The molecular formula is C28H31N7O5S. The molecule has 214 valence electrons. The summed E-state index contributed by atoms with van der Waals surface area (Å²) in [6.45, 7) is 7.50. The van der Waals surface area contributed by atoms with Gasteiger partial charge in [0.05, 0.1) is 50.0 Å². The van der Waals surface area contributed by atoms with Gasteiger partial charge in [0.15, 0.2) is 0 Å². The molecule has 1 aromatic carbocycles. The summed E-state index contributed by atoms with van der Waals surface area (Å²) in [5.74, 6) is -0.317. The van der Waals surface area contributed by atoms with E-state index >= 15 is 0 Å². The average molecular weight is 578 g/mol. The molecule has 1 N–H and O–H groups in total. The first-order chi connectivity index (χ1) is 19.6. The number of ether oxygens (including phenoxy) is 1. The van der Waals surface area contributed by atoms with Crippen LogP contribution >= 0.6 is 11.3 Å². The van der Waals surface area contributed by atoms with Crippen molar-refractivity contribution in [1.82, 2.24) is 29.0 Å². The Balaban J connectivity index is 1.74. The molecule has 0 radical (unpaired) electrons. The van der Waals surface area contributed by atoms with Crippen LogP contribution in [0.5, 0.6) is 5.75 Å². The van der Waals surface area contributed by atoms with E-state index in [9.17, 15) is 19.5 Å². The molecule has 41 heavy (non-hydrogen) atoms. The summed E-state index contributed by atoms with van der Waals surface area (Å²) < 4.78 is 8.51. The predicted molar refractivity (Wildman–Crippen MR) is 152 cm³/mol. The zero-order chi connectivity index (χ0) is 29.5. The van der Waals surface area contributed by atoms with Crippen LogP contribution in [0.3, 0.4) is 0 Å². The third kappa shape index (κ3) is 4.62. The van der Waals surface area contributed by atoms with E-state index in [2.05, 4.69) is 10.2 Å². The van der Waals surface area contributed by atoms with E-state index in [-0.39, 0.29) is 49.2 Å². The molecule has 1 aliphatic rings. The average Bonchev–Trinajstić information content (AvgIpc) is 3.61. The molecule has 12 nitrogen and oxygen atoms in total. The van der Waals surface area contributed by atoms with Gasteiger partial charge in [-0.15, -0.1) is 4.80 Å². The van der Waals surface area contributed by atoms with Crippen molar-refractivity contribution >= 4 is 27.5 Å². The maximum Gasteiger partial charge on any atom is 0.333 e. The summed E-state index contributed by atoms with van der Waals surface area (Å²) in [6, 6.07) is 8.62. The number of thiophene rings is 1. The van der Waals surface area contributed by atoms with Crippen molar-refractivity contribution in [2.75, 3.05) is 13.2 Å². The molecule has 0 bridgehead atoms. The molecule has 2 unspecified atom stereocenters. The molecule has 4 heterocycles. The van der Waals surface area contributed by atoms with Gasteiger partial charge in [-0.05, 0) is 33.3 Å². The Morgan fingerprint density at radius 2 is 1.93 bits per heavy atom. The van der Waals surface area contributed by atoms with Crippen molar-refractivity contribution in [2.24, 2.45) is 0 Å². The van der Waals surface area contributed by atoms with E-state index in [4.69, 9.17) is 10.00 Å². The quantitative estimate of drug-likeness (QED) is 0.223. The fourth-order valence-electron chi connectivity index (χ4n) is 5.29. The molecule has 4 aromatic rings. The van der Waals surface area contributed by atoms with Crippen LogP contribution in [0.4, 0.5) is 0 Å². The van der Waals surface area contributed by atoms with Gasteiger partial charge in [0.2, 0.25) is 0 Å². The maximum atomic E-state index is 14.3. The standard InChI is InChI=1S/C28H31N7O5S/c1-5-17(2)33-16-28(4,26(33)38)34-23(37)22-18(3)24(35-30-12-13-31-35)41-25(22)32(27(34)39)15-21(40-14-8-11-29)19-9-6-7-10-20(19)36/h6-7,9-10,12-13,17,21,36H,5,8,14-16H2,1-4H3/t17?,21-,28?/m0/s1. The van der Waals surface area contributed by atoms with Crippen molar-refractivity contribution in [3.63, 3.8) is 0 Å². The first-order valence-corrected chi connectivity index (χ1v) is 14.2. The Morgan fingerprint density at radius 3 is 2.56 bits per heavy atom. The lowest BCUT2D eigenvalue weighted by atomic mass is 9.88. The summed E-state index contributed by atoms with van der Waals surface area (Å²) in [4.78, 5) is 45.3. The number of para-hydroxylation sites is 1. The number of carbonyl (C=O) groups is 1. The second-order valence-electron chi connectivity index (χ2n) is 10.4. The molecule has 1 aliphatic heterocycles. The summed E-state index contributed by atoms with van der Waals surface area (Å²) in [7, 11) is 0. The Morgan fingerprint density at radius 1 is 1.22 bits per heavy atom. The number of aryl methyl sites for hydroxylation is 1. The first-order valence-electron chi connectivity index (χ1n) is 13.4. The molecule has 3 atom stereocenters. The number of aromatic nitrogens is 5. The summed E-state index contributed by atoms with van der Waals surface area (Å²) >= 11 is 1.18. The fourth-order valence-corrected chi connectivity index (χ4v) is 6.51. The normalized spacial score (nSPS) is 18.3. The van der Waals surface area contributed by atoms with Crippen LogP contribution < -0.4 is 11.2 Å². The van der Waals surface area contributed by atoms with E-state index in [1.54, 1.807) is 36.9 Å². The number of nitriles is 1. The molecule has 0 spiro atoms. The van der Waals surface area contributed by atoms with Crippen molar-refractivity contribution < 1.29 is 14.6 Å². The van der Waals surface area contributed by atoms with Gasteiger partial charge in [0.25, 0.3) is 11.5 Å². The van der Waals surface area contributed by atoms with Crippen LogP contribution in [0, 0.1) is 18.3 Å². The number of likely N-dealkylation sites (tertiary alicyclic amines) is 1. The zero-order valence-corrected chi connectivity index (χ0v) is 24.1. The van der Waals surface area contributed by atoms with Crippen LogP contribution in [0.25, 0.3) is 15.2 Å². The van der Waals surface area contributed by atoms with E-state index in [0.717, 1.165) is 11.0 Å². The lowest BCUT2D eigenvalue weighted by Crippen LogP contribution is -2.72. The number of phenolic OH excluding ortho intramolecular Hbond substituents is 1. The number of rotatable bonds is 10. The number of amides is 1. The molecule has 1 fully saturated rings. The summed E-state index contributed by atoms with van der Waals surface area (Å²) in [5.41, 5.74) is -1.57. The van der Waals surface area contributed by atoms with Gasteiger partial charge in [0.1, 0.15) is 27.2 Å². The summed E-state index contributed by atoms with van der Waals surface area (Å²) in [6.07, 6.45) is 3.06. The lowest BCUT2D eigenvalue weighted by Gasteiger charge is -2.49. The van der Waals surface area contributed by atoms with Crippen LogP contribution in [-0.4, -0.2) is 59.2 Å². The topological polar surface area (TPSA) is 148 Å². The van der Waals surface area contributed by atoms with Crippen molar-refractivity contribution in [1.29, 1.82) is 5.26 Å². The van der Waals surface area contributed by atoms with Crippen molar-refractivity contribution in [3.05, 3.63) is 68.6 Å². The van der Waals surface area contributed by atoms with E-state index in [1.807, 2.05) is 19.9 Å². The molecule has 0 saturated carbocycles. The Hall–Kier alpha value is -4.28. The van der Waals surface area contributed by atoms with Gasteiger partial charge in [-0.25, -0.2) is 9.36 Å². The van der Waals surface area contributed by atoms with Crippen LogP contribution in [0.2, 0.25) is 0 Å². The Kier molecular flexibility index (Phi) is 7.54. The zero-order valence-electron chi connectivity index (χ0n) is 23.3. The lowest BCUT2D eigenvalue weighted by molar-refractivity contribution is -0.160. The van der Waals surface area contributed by atoms with Crippen LogP contribution in [-0.2, 0) is 21.6 Å². The minimum absolute atomic E-state index is 0.0267. The highest BCUT2D eigenvalue weighted by molar-refractivity contribution is 7.21. The molecular weight excluding hydrogens is 546 g/mol. The number of nitrogens with zero attached hydrogens (tertiary/aromatic N) is 7. The fraction of sp³-hybridized carbons (Fsp3) is 0.429. The first kappa shape index (κ1) is 28.3. The minimum atomic E-state index is -1.36. The number of aromatic hydroxyl groups is 1. The van der Waals surface area contributed by atoms with Gasteiger partial charge >= 0.3 is 5.69 Å². The summed E-state index contributed by atoms with van der Waals surface area (Å²) in [5, 5.41) is 29.0. The van der Waals surface area contributed by atoms with Gasteiger partial charge in [-0.1, -0.05) is 36.5 Å². The molecule has 1 saturated heterocycles. The van der Waals surface area contributed by atoms with E-state index < -0.39 is 22.9 Å². The molecule has 3 aromatic heterocycles. The number of hydrogen-bond acceptors (Lipinski definition) is 9. The molecule has 13 heteroatoms. The number of benzene rings is 1. The number of carbonyl (C=O) groups excluding carboxylic acids is 1. The van der Waals surface area contributed by atoms with Gasteiger partial charge in [0, 0.05) is 17.2 Å². The Bertz CT molecular complexity index is 1770. The van der Waals surface area contributed by atoms with Crippen LogP contribution in [0.1, 0.15) is 50.8 Å².